The van der Waals surface area contributed by atoms with Gasteiger partial charge in [0.2, 0.25) is 0 Å². The van der Waals surface area contributed by atoms with Gasteiger partial charge in [0.1, 0.15) is 17.1 Å². The molecule has 0 aliphatic rings. The van der Waals surface area contributed by atoms with Crippen LogP contribution in [0.2, 0.25) is 0 Å². The van der Waals surface area contributed by atoms with Crippen molar-refractivity contribution in [3.8, 4) is 5.75 Å². The molecule has 0 saturated heterocycles. The number of nitrogens with zero attached hydrogens (tertiary/aromatic N) is 2. The lowest BCUT2D eigenvalue weighted by Gasteiger charge is -2.15. The van der Waals surface area contributed by atoms with Crippen molar-refractivity contribution in [1.82, 2.24) is 14.6 Å². The summed E-state index contributed by atoms with van der Waals surface area (Å²) >= 11 is 0. The number of aromatic nitrogens is 3. The number of rotatable bonds is 5. The maximum Gasteiger partial charge on any atom is 0.280 e. The molecule has 8 heteroatoms. The van der Waals surface area contributed by atoms with Crippen LogP contribution in [-0.2, 0) is 6.42 Å². The normalized spacial score (nSPS) is 11.1. The Morgan fingerprint density at radius 3 is 2.57 bits per heavy atom. The predicted molar refractivity (Wildman–Crippen MR) is 115 cm³/mol. The first kappa shape index (κ1) is 19.4. The third-order valence-electron chi connectivity index (χ3n) is 4.93. The lowest BCUT2D eigenvalue weighted by atomic mass is 10.1. The molecule has 0 bridgehead atoms. The summed E-state index contributed by atoms with van der Waals surface area (Å²) < 4.78 is 1.06. The molecule has 8 nitrogen and oxygen atoms in total. The van der Waals surface area contributed by atoms with Gasteiger partial charge in [0.05, 0.1) is 16.4 Å². The predicted octanol–water partition coefficient (Wildman–Crippen LogP) is 2.67. The van der Waals surface area contributed by atoms with Gasteiger partial charge in [-0.15, -0.1) is 0 Å². The molecule has 2 aromatic carbocycles. The molecule has 0 unspecified atom stereocenters. The van der Waals surface area contributed by atoms with Gasteiger partial charge in [-0.25, -0.2) is 9.66 Å². The van der Waals surface area contributed by atoms with E-state index in [1.807, 2.05) is 6.92 Å². The molecule has 3 N–H and O–H groups in total. The first-order valence-corrected chi connectivity index (χ1v) is 9.67. The molecule has 152 valence electrons. The third kappa shape index (κ3) is 3.32. The minimum absolute atomic E-state index is 0.331. The Hall–Kier alpha value is -3.94. The van der Waals surface area contributed by atoms with Crippen LogP contribution in [0.4, 0.5) is 0 Å². The van der Waals surface area contributed by atoms with E-state index in [2.05, 4.69) is 15.4 Å². The van der Waals surface area contributed by atoms with Crippen LogP contribution in [-0.4, -0.2) is 25.7 Å². The van der Waals surface area contributed by atoms with Crippen molar-refractivity contribution in [1.29, 1.82) is 0 Å². The first-order chi connectivity index (χ1) is 14.5. The van der Waals surface area contributed by atoms with Crippen LogP contribution in [0.25, 0.3) is 21.8 Å². The fourth-order valence-electron chi connectivity index (χ4n) is 3.39. The van der Waals surface area contributed by atoms with E-state index in [-0.39, 0.29) is 0 Å². The van der Waals surface area contributed by atoms with E-state index in [1.54, 1.807) is 48.5 Å². The Kier molecular flexibility index (Phi) is 5.05. The zero-order chi connectivity index (χ0) is 21.3. The summed E-state index contributed by atoms with van der Waals surface area (Å²) in [6.07, 6.45) is 2.11. The van der Waals surface area contributed by atoms with Crippen LogP contribution in [0.5, 0.6) is 5.75 Å². The van der Waals surface area contributed by atoms with Crippen molar-refractivity contribution in [3.63, 3.8) is 0 Å². The van der Waals surface area contributed by atoms with Gasteiger partial charge in [-0.1, -0.05) is 37.6 Å². The average molecular weight is 404 g/mol. The summed E-state index contributed by atoms with van der Waals surface area (Å²) in [4.78, 5) is 45.5. The number of carbonyl (C=O) groups is 1. The first-order valence-electron chi connectivity index (χ1n) is 9.67. The van der Waals surface area contributed by atoms with Crippen LogP contribution < -0.4 is 16.5 Å². The molecule has 0 saturated carbocycles. The van der Waals surface area contributed by atoms with E-state index < -0.39 is 28.3 Å². The number of nitrogens with one attached hydrogen (secondary N) is 2. The van der Waals surface area contributed by atoms with E-state index in [0.29, 0.717) is 34.1 Å². The van der Waals surface area contributed by atoms with Crippen molar-refractivity contribution < 1.29 is 9.90 Å². The van der Waals surface area contributed by atoms with Crippen molar-refractivity contribution in [2.45, 2.75) is 26.2 Å². The van der Waals surface area contributed by atoms with E-state index in [9.17, 15) is 19.5 Å². The summed E-state index contributed by atoms with van der Waals surface area (Å²) in [5.74, 6) is -0.953. The van der Waals surface area contributed by atoms with Crippen LogP contribution >= 0.6 is 0 Å². The molecule has 0 aliphatic carbocycles. The second kappa shape index (κ2) is 7.82. The van der Waals surface area contributed by atoms with E-state index in [0.717, 1.165) is 17.5 Å². The summed E-state index contributed by atoms with van der Waals surface area (Å²) in [6, 6.07) is 13.5. The Morgan fingerprint density at radius 1 is 1.10 bits per heavy atom. The molecule has 30 heavy (non-hydrogen) atoms. The van der Waals surface area contributed by atoms with E-state index in [4.69, 9.17) is 0 Å². The molecule has 0 radical (unpaired) electrons. The van der Waals surface area contributed by atoms with Crippen molar-refractivity contribution >= 4 is 27.7 Å². The highest BCUT2D eigenvalue weighted by molar-refractivity contribution is 6.06. The number of unbranched alkanes of at least 4 members (excludes halogenated alkanes) is 1. The molecule has 0 aliphatic heterocycles. The van der Waals surface area contributed by atoms with Crippen molar-refractivity contribution in [3.05, 3.63) is 80.6 Å². The number of para-hydroxylation sites is 2. The number of carbonyl (C=O) groups excluding carboxylic acids is 1. The van der Waals surface area contributed by atoms with Gasteiger partial charge in [0.25, 0.3) is 17.0 Å². The molecule has 4 rings (SSSR count). The third-order valence-corrected chi connectivity index (χ3v) is 4.93. The van der Waals surface area contributed by atoms with Gasteiger partial charge < -0.3 is 10.1 Å². The number of aromatic amines is 1. The van der Waals surface area contributed by atoms with E-state index >= 15 is 0 Å². The average Bonchev–Trinajstić information content (AvgIpc) is 2.74. The van der Waals surface area contributed by atoms with Crippen LogP contribution in [0.1, 0.15) is 35.9 Å². The standard InChI is InChI=1S/C22H20N4O4/c1-2-3-12-17-23-16-11-7-5-9-14(16)22(30)26(17)25-21(29)18-19(27)13-8-4-6-10-15(13)24-20(18)28/h4-11H,2-3,12H2,1H3,(H,25,29)(H2,24,27,28). The number of benzene rings is 2. The van der Waals surface area contributed by atoms with Crippen LogP contribution in [0, 0.1) is 0 Å². The summed E-state index contributed by atoms with van der Waals surface area (Å²) in [5.41, 5.74) is 1.75. The van der Waals surface area contributed by atoms with Crippen molar-refractivity contribution in [2.24, 2.45) is 0 Å². The van der Waals surface area contributed by atoms with Gasteiger partial charge in [-0.05, 0) is 30.7 Å². The Balaban J connectivity index is 1.84. The van der Waals surface area contributed by atoms with Gasteiger partial charge in [-0.2, -0.15) is 0 Å². The second-order valence-electron chi connectivity index (χ2n) is 6.95. The van der Waals surface area contributed by atoms with Gasteiger partial charge in [-0.3, -0.25) is 19.8 Å². The number of amides is 1. The highest BCUT2D eigenvalue weighted by Gasteiger charge is 2.21. The largest absolute Gasteiger partial charge is 0.506 e. The second-order valence-corrected chi connectivity index (χ2v) is 6.95. The van der Waals surface area contributed by atoms with Gasteiger partial charge in [0, 0.05) is 11.8 Å². The van der Waals surface area contributed by atoms with Crippen molar-refractivity contribution in [2.75, 3.05) is 5.43 Å². The molecular weight excluding hydrogens is 384 g/mol. The molecule has 2 aromatic heterocycles. The number of aromatic hydroxyl groups is 1. The van der Waals surface area contributed by atoms with Crippen LogP contribution in [0.15, 0.2) is 58.1 Å². The number of fused-ring (bicyclic) bond motifs is 2. The minimum Gasteiger partial charge on any atom is -0.506 e. The lowest BCUT2D eigenvalue weighted by molar-refractivity contribution is 0.100. The molecule has 0 fully saturated rings. The Bertz CT molecular complexity index is 1390. The maximum absolute atomic E-state index is 13.0. The number of hydrogen-bond acceptors (Lipinski definition) is 5. The highest BCUT2D eigenvalue weighted by atomic mass is 16.3. The zero-order valence-electron chi connectivity index (χ0n) is 16.3. The summed E-state index contributed by atoms with van der Waals surface area (Å²) in [7, 11) is 0. The number of pyridine rings is 1. The monoisotopic (exact) mass is 404 g/mol. The number of H-pyrrole nitrogens is 1. The Morgan fingerprint density at radius 2 is 1.80 bits per heavy atom. The SMILES string of the molecule is CCCCc1nc2ccccc2c(=O)n1NC(=O)c1c(O)c2ccccc2[nH]c1=O. The summed E-state index contributed by atoms with van der Waals surface area (Å²) in [6.45, 7) is 2.01. The fraction of sp³-hybridized carbons (Fsp3) is 0.182. The topological polar surface area (TPSA) is 117 Å². The fourth-order valence-corrected chi connectivity index (χ4v) is 3.39. The molecule has 0 spiro atoms. The lowest BCUT2D eigenvalue weighted by Crippen LogP contribution is -2.38. The zero-order valence-corrected chi connectivity index (χ0v) is 16.3. The maximum atomic E-state index is 13.0. The number of aryl methyl sites for hydroxylation is 1. The molecular formula is C22H20N4O4. The van der Waals surface area contributed by atoms with Crippen LogP contribution in [0.3, 0.4) is 0 Å². The van der Waals surface area contributed by atoms with E-state index in [1.165, 1.54) is 0 Å². The minimum atomic E-state index is -0.892. The molecule has 2 heterocycles. The summed E-state index contributed by atoms with van der Waals surface area (Å²) in [5, 5.41) is 11.2. The molecule has 0 atom stereocenters. The molecule has 1 amide bonds. The quantitative estimate of drug-likeness (QED) is 0.473. The number of hydrogen-bond donors (Lipinski definition) is 3. The highest BCUT2D eigenvalue weighted by Crippen LogP contribution is 2.24. The van der Waals surface area contributed by atoms with Gasteiger partial charge in [0.15, 0.2) is 0 Å². The molecule has 4 aromatic rings. The smallest absolute Gasteiger partial charge is 0.280 e. The Labute approximate surface area is 170 Å². The van der Waals surface area contributed by atoms with Gasteiger partial charge >= 0.3 is 0 Å².